The lowest BCUT2D eigenvalue weighted by molar-refractivity contribution is -0.137. The Bertz CT molecular complexity index is 732. The van der Waals surface area contributed by atoms with Crippen LogP contribution in [0.2, 0.25) is 0 Å². The van der Waals surface area contributed by atoms with Crippen LogP contribution in [0.25, 0.3) is 0 Å². The van der Waals surface area contributed by atoms with E-state index in [0.717, 1.165) is 24.4 Å². The van der Waals surface area contributed by atoms with Crippen molar-refractivity contribution in [3.05, 3.63) is 59.7 Å². The maximum atomic E-state index is 12.7. The van der Waals surface area contributed by atoms with Gasteiger partial charge in [-0.05, 0) is 42.8 Å². The summed E-state index contributed by atoms with van der Waals surface area (Å²) in [5.41, 5.74) is 1.21. The molecule has 0 spiro atoms. The highest BCUT2D eigenvalue weighted by Crippen LogP contribution is 2.29. The van der Waals surface area contributed by atoms with Crippen LogP contribution in [0, 0.1) is 0 Å². The first kappa shape index (κ1) is 18.6. The Hall–Kier alpha value is -2.70. The number of anilines is 2. The summed E-state index contributed by atoms with van der Waals surface area (Å²) in [5.74, 6) is 0. The second-order valence-electron chi connectivity index (χ2n) is 5.57. The SMILES string of the molecule is CCN(C)c1cccc(NC(=O)NCc2cccc(C(F)(F)F)c2)c1. The van der Waals surface area contributed by atoms with Crippen LogP contribution in [0.1, 0.15) is 18.1 Å². The Morgan fingerprint density at radius 1 is 1.12 bits per heavy atom. The lowest BCUT2D eigenvalue weighted by Gasteiger charge is -2.17. The summed E-state index contributed by atoms with van der Waals surface area (Å²) in [6.45, 7) is 2.84. The molecule has 0 unspecified atom stereocenters. The molecule has 134 valence electrons. The van der Waals surface area contributed by atoms with Gasteiger partial charge < -0.3 is 15.5 Å². The summed E-state index contributed by atoms with van der Waals surface area (Å²) in [6, 6.07) is 11.7. The zero-order chi connectivity index (χ0) is 18.4. The number of benzene rings is 2. The van der Waals surface area contributed by atoms with E-state index >= 15 is 0 Å². The standard InChI is InChI=1S/C18H20F3N3O/c1-3-24(2)16-9-5-8-15(11-16)23-17(25)22-12-13-6-4-7-14(10-13)18(19,20)21/h4-11H,3,12H2,1-2H3,(H2,22,23,25). The number of urea groups is 1. The van der Waals surface area contributed by atoms with Crippen molar-refractivity contribution in [2.24, 2.45) is 0 Å². The summed E-state index contributed by atoms with van der Waals surface area (Å²) in [4.78, 5) is 14.0. The monoisotopic (exact) mass is 351 g/mol. The summed E-state index contributed by atoms with van der Waals surface area (Å²) < 4.78 is 38.0. The molecule has 0 radical (unpaired) electrons. The van der Waals surface area contributed by atoms with Gasteiger partial charge in [0.2, 0.25) is 0 Å². The molecule has 4 nitrogen and oxygen atoms in total. The van der Waals surface area contributed by atoms with Crippen molar-refractivity contribution < 1.29 is 18.0 Å². The highest BCUT2D eigenvalue weighted by molar-refractivity contribution is 5.89. The molecule has 25 heavy (non-hydrogen) atoms. The average Bonchev–Trinajstić information content (AvgIpc) is 2.59. The van der Waals surface area contributed by atoms with E-state index in [2.05, 4.69) is 10.6 Å². The van der Waals surface area contributed by atoms with Crippen LogP contribution in [0.4, 0.5) is 29.3 Å². The van der Waals surface area contributed by atoms with Gasteiger partial charge in [-0.3, -0.25) is 0 Å². The summed E-state index contributed by atoms with van der Waals surface area (Å²) in [5, 5.41) is 5.24. The number of carbonyl (C=O) groups is 1. The normalized spacial score (nSPS) is 11.1. The van der Waals surface area contributed by atoms with Gasteiger partial charge in [-0.2, -0.15) is 13.2 Å². The minimum atomic E-state index is -4.40. The zero-order valence-electron chi connectivity index (χ0n) is 14.0. The molecule has 2 aromatic carbocycles. The summed E-state index contributed by atoms with van der Waals surface area (Å²) in [6.07, 6.45) is -4.40. The van der Waals surface area contributed by atoms with E-state index in [4.69, 9.17) is 0 Å². The Morgan fingerprint density at radius 3 is 2.52 bits per heavy atom. The van der Waals surface area contributed by atoms with Crippen molar-refractivity contribution in [1.29, 1.82) is 0 Å². The van der Waals surface area contributed by atoms with Crippen LogP contribution >= 0.6 is 0 Å². The molecule has 0 saturated heterocycles. The van der Waals surface area contributed by atoms with Crippen LogP contribution in [0.3, 0.4) is 0 Å². The molecule has 0 aliphatic heterocycles. The molecule has 0 aromatic heterocycles. The lowest BCUT2D eigenvalue weighted by Crippen LogP contribution is -2.28. The fourth-order valence-electron chi connectivity index (χ4n) is 2.22. The van der Waals surface area contributed by atoms with Crippen molar-refractivity contribution in [2.45, 2.75) is 19.6 Å². The largest absolute Gasteiger partial charge is 0.416 e. The maximum Gasteiger partial charge on any atom is 0.416 e. The minimum Gasteiger partial charge on any atom is -0.375 e. The molecule has 2 aromatic rings. The summed E-state index contributed by atoms with van der Waals surface area (Å²) >= 11 is 0. The number of hydrogen-bond donors (Lipinski definition) is 2. The minimum absolute atomic E-state index is 0.00427. The lowest BCUT2D eigenvalue weighted by atomic mass is 10.1. The van der Waals surface area contributed by atoms with Gasteiger partial charge in [-0.25, -0.2) is 4.79 Å². The Balaban J connectivity index is 1.95. The van der Waals surface area contributed by atoms with Crippen molar-refractivity contribution in [1.82, 2.24) is 5.32 Å². The Labute approximate surface area is 144 Å². The van der Waals surface area contributed by atoms with E-state index < -0.39 is 17.8 Å². The van der Waals surface area contributed by atoms with Gasteiger partial charge in [0.05, 0.1) is 5.56 Å². The van der Waals surface area contributed by atoms with Crippen LogP contribution in [-0.4, -0.2) is 19.6 Å². The fourth-order valence-corrected chi connectivity index (χ4v) is 2.22. The number of carbonyl (C=O) groups excluding carboxylic acids is 1. The van der Waals surface area contributed by atoms with Crippen molar-refractivity contribution in [2.75, 3.05) is 23.8 Å². The third-order valence-corrected chi connectivity index (χ3v) is 3.73. The number of nitrogens with one attached hydrogen (secondary N) is 2. The maximum absolute atomic E-state index is 12.7. The summed E-state index contributed by atoms with van der Waals surface area (Å²) in [7, 11) is 1.94. The molecule has 0 fully saturated rings. The highest BCUT2D eigenvalue weighted by atomic mass is 19.4. The van der Waals surface area contributed by atoms with E-state index in [1.54, 1.807) is 6.07 Å². The number of rotatable bonds is 5. The van der Waals surface area contributed by atoms with E-state index in [1.807, 2.05) is 37.1 Å². The Kier molecular flexibility index (Phi) is 5.90. The Morgan fingerprint density at radius 2 is 1.84 bits per heavy atom. The quantitative estimate of drug-likeness (QED) is 0.834. The van der Waals surface area contributed by atoms with E-state index in [9.17, 15) is 18.0 Å². The van der Waals surface area contributed by atoms with Gasteiger partial charge in [-0.15, -0.1) is 0 Å². The van der Waals surface area contributed by atoms with Crippen LogP contribution in [0.15, 0.2) is 48.5 Å². The molecule has 0 bridgehead atoms. The van der Waals surface area contributed by atoms with Crippen molar-refractivity contribution in [3.63, 3.8) is 0 Å². The smallest absolute Gasteiger partial charge is 0.375 e. The van der Waals surface area contributed by atoms with Gasteiger partial charge in [-0.1, -0.05) is 18.2 Å². The second kappa shape index (κ2) is 7.92. The van der Waals surface area contributed by atoms with Crippen molar-refractivity contribution in [3.8, 4) is 0 Å². The molecule has 0 saturated carbocycles. The molecular formula is C18H20F3N3O. The van der Waals surface area contributed by atoms with Crippen LogP contribution in [0.5, 0.6) is 0 Å². The van der Waals surface area contributed by atoms with Crippen molar-refractivity contribution >= 4 is 17.4 Å². The third-order valence-electron chi connectivity index (χ3n) is 3.73. The van der Waals surface area contributed by atoms with Gasteiger partial charge in [0, 0.05) is 31.5 Å². The molecule has 0 atom stereocenters. The highest BCUT2D eigenvalue weighted by Gasteiger charge is 2.30. The van der Waals surface area contributed by atoms with E-state index in [1.165, 1.54) is 12.1 Å². The van der Waals surface area contributed by atoms with Gasteiger partial charge in [0.25, 0.3) is 0 Å². The van der Waals surface area contributed by atoms with Gasteiger partial charge >= 0.3 is 12.2 Å². The molecule has 0 heterocycles. The number of alkyl halides is 3. The van der Waals surface area contributed by atoms with E-state index in [0.29, 0.717) is 11.3 Å². The average molecular weight is 351 g/mol. The first-order chi connectivity index (χ1) is 11.8. The first-order valence-electron chi connectivity index (χ1n) is 7.82. The first-order valence-corrected chi connectivity index (χ1v) is 7.82. The third kappa shape index (κ3) is 5.41. The predicted octanol–water partition coefficient (Wildman–Crippen LogP) is 4.48. The van der Waals surface area contributed by atoms with Gasteiger partial charge in [0.15, 0.2) is 0 Å². The van der Waals surface area contributed by atoms with E-state index in [-0.39, 0.29) is 6.54 Å². The second-order valence-corrected chi connectivity index (χ2v) is 5.57. The zero-order valence-corrected chi connectivity index (χ0v) is 14.0. The molecule has 7 heteroatoms. The molecule has 2 N–H and O–H groups in total. The number of hydrogen-bond acceptors (Lipinski definition) is 2. The number of amides is 2. The van der Waals surface area contributed by atoms with Crippen LogP contribution < -0.4 is 15.5 Å². The molecule has 0 aliphatic carbocycles. The number of nitrogens with zero attached hydrogens (tertiary/aromatic N) is 1. The molecule has 0 aliphatic rings. The fraction of sp³-hybridized carbons (Fsp3) is 0.278. The number of halogens is 3. The topological polar surface area (TPSA) is 44.4 Å². The predicted molar refractivity (Wildman–Crippen MR) is 92.7 cm³/mol. The van der Waals surface area contributed by atoms with Crippen LogP contribution in [-0.2, 0) is 12.7 Å². The molecule has 2 rings (SSSR count). The molecule has 2 amide bonds. The van der Waals surface area contributed by atoms with Gasteiger partial charge in [0.1, 0.15) is 0 Å². The molecular weight excluding hydrogens is 331 g/mol.